The van der Waals surface area contributed by atoms with Crippen molar-refractivity contribution in [1.82, 2.24) is 4.72 Å². The third kappa shape index (κ3) is 3.70. The average Bonchev–Trinajstić information content (AvgIpc) is 2.72. The minimum absolute atomic E-state index is 0.0862. The summed E-state index contributed by atoms with van der Waals surface area (Å²) >= 11 is 9.21. The summed E-state index contributed by atoms with van der Waals surface area (Å²) in [5.41, 5.74) is 0. The lowest BCUT2D eigenvalue weighted by Crippen LogP contribution is -2.32. The Hall–Kier alpha value is -0.140. The number of hydrogen-bond acceptors (Lipinski definition) is 3. The summed E-state index contributed by atoms with van der Waals surface area (Å²) in [6.45, 7) is 3.01. The Morgan fingerprint density at radius 1 is 1.53 bits per heavy atom. The van der Waals surface area contributed by atoms with Gasteiger partial charge >= 0.3 is 0 Å². The first-order valence-electron chi connectivity index (χ1n) is 5.96. The van der Waals surface area contributed by atoms with E-state index in [1.54, 1.807) is 12.1 Å². The molecule has 2 rings (SSSR count). The smallest absolute Gasteiger partial charge is 0.242 e. The number of rotatable bonds is 4. The second-order valence-electron chi connectivity index (χ2n) is 4.55. The number of ether oxygens (including phenoxy) is 1. The largest absolute Gasteiger partial charge is 0.378 e. The van der Waals surface area contributed by atoms with Crippen LogP contribution in [0.4, 0.5) is 0 Å². The van der Waals surface area contributed by atoms with Gasteiger partial charge in [0.25, 0.3) is 0 Å². The fraction of sp³-hybridized carbons (Fsp3) is 0.500. The second-order valence-corrected chi connectivity index (χ2v) is 7.61. The van der Waals surface area contributed by atoms with E-state index in [2.05, 4.69) is 20.7 Å². The zero-order valence-electron chi connectivity index (χ0n) is 10.4. The molecule has 19 heavy (non-hydrogen) atoms. The normalized spacial score (nSPS) is 23.7. The van der Waals surface area contributed by atoms with E-state index in [4.69, 9.17) is 16.3 Å². The Bertz CT molecular complexity index is 564. The topological polar surface area (TPSA) is 55.4 Å². The van der Waals surface area contributed by atoms with Crippen molar-refractivity contribution in [2.75, 3.05) is 13.2 Å². The van der Waals surface area contributed by atoms with Gasteiger partial charge in [-0.3, -0.25) is 0 Å². The second kappa shape index (κ2) is 6.10. The molecule has 1 fully saturated rings. The van der Waals surface area contributed by atoms with Gasteiger partial charge in [-0.05, 0) is 31.5 Å². The summed E-state index contributed by atoms with van der Waals surface area (Å²) in [5, 5.41) is 0.206. The number of sulfonamides is 1. The standard InChI is InChI=1S/C12H15BrClNO3S/c1-8-9(4-5-18-8)7-15-19(16,17)12-3-2-10(13)6-11(12)14/h2-3,6,8-9,15H,4-5,7H2,1H3. The van der Waals surface area contributed by atoms with Crippen molar-refractivity contribution >= 4 is 37.6 Å². The van der Waals surface area contributed by atoms with E-state index in [-0.39, 0.29) is 21.9 Å². The van der Waals surface area contributed by atoms with Crippen molar-refractivity contribution in [2.45, 2.75) is 24.3 Å². The summed E-state index contributed by atoms with van der Waals surface area (Å²) in [5.74, 6) is 0.212. The van der Waals surface area contributed by atoms with E-state index in [0.29, 0.717) is 13.2 Å². The van der Waals surface area contributed by atoms with Gasteiger partial charge in [0.15, 0.2) is 0 Å². The van der Waals surface area contributed by atoms with E-state index in [0.717, 1.165) is 10.9 Å². The lowest BCUT2D eigenvalue weighted by Gasteiger charge is -2.15. The van der Waals surface area contributed by atoms with Crippen LogP contribution in [0.2, 0.25) is 5.02 Å². The van der Waals surface area contributed by atoms with Crippen LogP contribution in [0.5, 0.6) is 0 Å². The zero-order valence-corrected chi connectivity index (χ0v) is 13.6. The lowest BCUT2D eigenvalue weighted by atomic mass is 10.0. The maximum absolute atomic E-state index is 12.2. The van der Waals surface area contributed by atoms with Crippen molar-refractivity contribution in [2.24, 2.45) is 5.92 Å². The molecule has 1 heterocycles. The van der Waals surface area contributed by atoms with Crippen molar-refractivity contribution in [3.8, 4) is 0 Å². The number of halogens is 2. The fourth-order valence-electron chi connectivity index (χ4n) is 2.03. The van der Waals surface area contributed by atoms with Crippen LogP contribution >= 0.6 is 27.5 Å². The van der Waals surface area contributed by atoms with Gasteiger partial charge in [0.1, 0.15) is 4.90 Å². The highest BCUT2D eigenvalue weighted by Crippen LogP contribution is 2.26. The van der Waals surface area contributed by atoms with Gasteiger partial charge in [0.2, 0.25) is 10.0 Å². The van der Waals surface area contributed by atoms with Crippen molar-refractivity contribution in [3.05, 3.63) is 27.7 Å². The first-order chi connectivity index (χ1) is 8.90. The van der Waals surface area contributed by atoms with Crippen LogP contribution in [0.15, 0.2) is 27.6 Å². The number of hydrogen-bond donors (Lipinski definition) is 1. The van der Waals surface area contributed by atoms with Crippen molar-refractivity contribution in [3.63, 3.8) is 0 Å². The van der Waals surface area contributed by atoms with Crippen LogP contribution in [-0.2, 0) is 14.8 Å². The number of benzene rings is 1. The minimum Gasteiger partial charge on any atom is -0.378 e. The lowest BCUT2D eigenvalue weighted by molar-refractivity contribution is 0.107. The molecule has 0 amide bonds. The van der Waals surface area contributed by atoms with Gasteiger partial charge in [-0.2, -0.15) is 0 Å². The maximum atomic E-state index is 12.2. The van der Waals surface area contributed by atoms with E-state index < -0.39 is 10.0 Å². The Morgan fingerprint density at radius 3 is 2.84 bits per heavy atom. The SMILES string of the molecule is CC1OCCC1CNS(=O)(=O)c1ccc(Br)cc1Cl. The van der Waals surface area contributed by atoms with Gasteiger partial charge in [-0.25, -0.2) is 13.1 Å². The monoisotopic (exact) mass is 367 g/mol. The molecule has 7 heteroatoms. The Balaban J connectivity index is 2.09. The molecule has 106 valence electrons. The van der Waals surface area contributed by atoms with Gasteiger partial charge < -0.3 is 4.74 Å². The highest BCUT2D eigenvalue weighted by molar-refractivity contribution is 9.10. The first-order valence-corrected chi connectivity index (χ1v) is 8.62. The summed E-state index contributed by atoms with van der Waals surface area (Å²) in [7, 11) is -3.58. The zero-order chi connectivity index (χ0) is 14.0. The number of nitrogens with one attached hydrogen (secondary N) is 1. The molecule has 1 aromatic rings. The van der Waals surface area contributed by atoms with E-state index >= 15 is 0 Å². The Labute approximate surface area is 126 Å². The quantitative estimate of drug-likeness (QED) is 0.889. The molecule has 1 aliphatic rings. The van der Waals surface area contributed by atoms with E-state index in [1.165, 1.54) is 6.07 Å². The van der Waals surface area contributed by atoms with Gasteiger partial charge in [-0.1, -0.05) is 27.5 Å². The molecule has 4 nitrogen and oxygen atoms in total. The summed E-state index contributed by atoms with van der Waals surface area (Å²) in [6, 6.07) is 4.71. The summed E-state index contributed by atoms with van der Waals surface area (Å²) in [4.78, 5) is 0.101. The maximum Gasteiger partial charge on any atom is 0.242 e. The molecule has 2 atom stereocenters. The molecule has 0 saturated carbocycles. The average molecular weight is 369 g/mol. The molecule has 1 aliphatic heterocycles. The van der Waals surface area contributed by atoms with Crippen LogP contribution in [0.1, 0.15) is 13.3 Å². The van der Waals surface area contributed by atoms with Crippen LogP contribution in [0.25, 0.3) is 0 Å². The van der Waals surface area contributed by atoms with Crippen LogP contribution < -0.4 is 4.72 Å². The third-order valence-electron chi connectivity index (χ3n) is 3.25. The molecular weight excluding hydrogens is 354 g/mol. The molecule has 2 unspecified atom stereocenters. The highest BCUT2D eigenvalue weighted by atomic mass is 79.9. The van der Waals surface area contributed by atoms with Crippen LogP contribution in [0, 0.1) is 5.92 Å². The predicted molar refractivity (Wildman–Crippen MR) is 77.9 cm³/mol. The molecule has 0 radical (unpaired) electrons. The first kappa shape index (κ1) is 15.3. The molecule has 0 aromatic heterocycles. The molecule has 1 N–H and O–H groups in total. The van der Waals surface area contributed by atoms with Gasteiger partial charge in [-0.15, -0.1) is 0 Å². The third-order valence-corrected chi connectivity index (χ3v) is 5.65. The molecule has 0 aliphatic carbocycles. The van der Waals surface area contributed by atoms with E-state index in [1.807, 2.05) is 6.92 Å². The fourth-order valence-corrected chi connectivity index (χ4v) is 4.16. The van der Waals surface area contributed by atoms with Gasteiger partial charge in [0, 0.05) is 23.5 Å². The van der Waals surface area contributed by atoms with Crippen molar-refractivity contribution in [1.29, 1.82) is 0 Å². The summed E-state index contributed by atoms with van der Waals surface area (Å²) in [6.07, 6.45) is 0.959. The van der Waals surface area contributed by atoms with E-state index in [9.17, 15) is 8.42 Å². The Morgan fingerprint density at radius 2 is 2.26 bits per heavy atom. The minimum atomic E-state index is -3.58. The van der Waals surface area contributed by atoms with Crippen LogP contribution in [0.3, 0.4) is 0 Å². The highest BCUT2D eigenvalue weighted by Gasteiger charge is 2.26. The van der Waals surface area contributed by atoms with Crippen LogP contribution in [-0.4, -0.2) is 27.7 Å². The predicted octanol–water partition coefficient (Wildman–Crippen LogP) is 2.81. The van der Waals surface area contributed by atoms with Crippen molar-refractivity contribution < 1.29 is 13.2 Å². The Kier molecular flexibility index (Phi) is 4.89. The molecule has 0 spiro atoms. The molecule has 0 bridgehead atoms. The van der Waals surface area contributed by atoms with Gasteiger partial charge in [0.05, 0.1) is 11.1 Å². The summed E-state index contributed by atoms with van der Waals surface area (Å²) < 4.78 is 33.1. The molecule has 1 aromatic carbocycles. The molecule has 1 saturated heterocycles. The molecular formula is C12H15BrClNO3S.